The second-order valence-electron chi connectivity index (χ2n) is 8.26. The molecule has 0 aliphatic carbocycles. The van der Waals surface area contributed by atoms with Gasteiger partial charge in [-0.05, 0) is 24.2 Å². The lowest BCUT2D eigenvalue weighted by molar-refractivity contribution is -0.114. The molecule has 27 heavy (non-hydrogen) atoms. The first-order valence-corrected chi connectivity index (χ1v) is 11.8. The van der Waals surface area contributed by atoms with Gasteiger partial charge in [-0.1, -0.05) is 20.8 Å². The van der Waals surface area contributed by atoms with E-state index in [4.69, 9.17) is 9.16 Å². The van der Waals surface area contributed by atoms with Crippen LogP contribution in [0, 0.1) is 0 Å². The molecule has 0 saturated carbocycles. The molecular formula is C17H29N3O6Si. The number of hydrogen-bond acceptors (Lipinski definition) is 7. The number of carbonyl (C=O) groups is 1. The van der Waals surface area contributed by atoms with Crippen molar-refractivity contribution >= 4 is 20.0 Å². The van der Waals surface area contributed by atoms with Gasteiger partial charge in [0.25, 0.3) is 0 Å². The lowest BCUT2D eigenvalue weighted by Gasteiger charge is -2.40. The van der Waals surface area contributed by atoms with Crippen molar-refractivity contribution in [2.75, 3.05) is 11.9 Å². The van der Waals surface area contributed by atoms with Crippen molar-refractivity contribution in [3.63, 3.8) is 0 Å². The summed E-state index contributed by atoms with van der Waals surface area (Å²) in [7, 11) is -2.29. The Morgan fingerprint density at radius 2 is 2.07 bits per heavy atom. The molecule has 0 unspecified atom stereocenters. The Labute approximate surface area is 159 Å². The van der Waals surface area contributed by atoms with Gasteiger partial charge in [0, 0.05) is 13.1 Å². The maximum atomic E-state index is 12.5. The van der Waals surface area contributed by atoms with Crippen LogP contribution in [-0.4, -0.2) is 58.9 Å². The highest BCUT2D eigenvalue weighted by Gasteiger charge is 2.50. The van der Waals surface area contributed by atoms with Crippen molar-refractivity contribution in [2.45, 2.75) is 70.4 Å². The number of hydrogen-bond donors (Lipinski definition) is 3. The smallest absolute Gasteiger partial charge is 0.351 e. The van der Waals surface area contributed by atoms with Crippen molar-refractivity contribution in [3.05, 3.63) is 22.7 Å². The molecular weight excluding hydrogens is 370 g/mol. The Kier molecular flexibility index (Phi) is 6.27. The predicted octanol–water partition coefficient (Wildman–Crippen LogP) is 0.843. The van der Waals surface area contributed by atoms with Crippen LogP contribution in [0.4, 0.5) is 5.82 Å². The quantitative estimate of drug-likeness (QED) is 0.627. The molecule has 2 rings (SSSR count). The van der Waals surface area contributed by atoms with Crippen LogP contribution in [0.2, 0.25) is 18.1 Å². The Morgan fingerprint density at radius 3 is 2.56 bits per heavy atom. The number of rotatable bonds is 5. The summed E-state index contributed by atoms with van der Waals surface area (Å²) in [5.41, 5.74) is -0.652. The second-order valence-corrected chi connectivity index (χ2v) is 13.0. The van der Waals surface area contributed by atoms with Crippen molar-refractivity contribution in [1.29, 1.82) is 0 Å². The number of amides is 1. The fraction of sp³-hybridized carbons (Fsp3) is 0.706. The van der Waals surface area contributed by atoms with E-state index in [1.165, 1.54) is 23.8 Å². The first-order valence-electron chi connectivity index (χ1n) is 8.86. The van der Waals surface area contributed by atoms with Crippen molar-refractivity contribution < 1.29 is 24.2 Å². The first kappa shape index (κ1) is 21.7. The number of nitrogens with one attached hydrogen (secondary N) is 1. The predicted molar refractivity (Wildman–Crippen MR) is 102 cm³/mol. The minimum Gasteiger partial charge on any atom is -0.407 e. The van der Waals surface area contributed by atoms with Gasteiger partial charge in [-0.25, -0.2) is 4.79 Å². The Morgan fingerprint density at radius 1 is 1.44 bits per heavy atom. The fourth-order valence-corrected chi connectivity index (χ4v) is 3.88. The molecule has 10 heteroatoms. The Bertz CT molecular complexity index is 745. The van der Waals surface area contributed by atoms with E-state index in [0.29, 0.717) is 0 Å². The number of anilines is 1. The third kappa shape index (κ3) is 4.64. The second kappa shape index (κ2) is 7.80. The normalized spacial score (nSPS) is 26.2. The van der Waals surface area contributed by atoms with Gasteiger partial charge in [0.2, 0.25) is 5.91 Å². The minimum atomic E-state index is -2.29. The van der Waals surface area contributed by atoms with Crippen LogP contribution < -0.4 is 11.0 Å². The maximum Gasteiger partial charge on any atom is 0.351 e. The molecule has 1 aliphatic rings. The number of aliphatic hydroxyl groups excluding tert-OH is 2. The van der Waals surface area contributed by atoms with Gasteiger partial charge < -0.3 is 24.7 Å². The third-order valence-electron chi connectivity index (χ3n) is 5.14. The number of ether oxygens (including phenoxy) is 1. The van der Waals surface area contributed by atoms with E-state index in [1.807, 2.05) is 13.1 Å². The molecule has 1 aliphatic heterocycles. The van der Waals surface area contributed by atoms with Gasteiger partial charge in [0.05, 0.1) is 6.61 Å². The molecule has 4 atom stereocenters. The molecule has 1 aromatic rings. The van der Waals surface area contributed by atoms with E-state index in [2.05, 4.69) is 31.1 Å². The van der Waals surface area contributed by atoms with E-state index in [0.717, 1.165) is 0 Å². The van der Waals surface area contributed by atoms with Crippen LogP contribution in [0.25, 0.3) is 0 Å². The molecule has 3 N–H and O–H groups in total. The van der Waals surface area contributed by atoms with Gasteiger partial charge in [0.1, 0.15) is 24.1 Å². The van der Waals surface area contributed by atoms with E-state index in [1.54, 1.807) is 0 Å². The average Bonchev–Trinajstić information content (AvgIpc) is 2.82. The standard InChI is InChI=1S/C17H29N3O6Si/c1-10(22)18-12-7-8-20(16(24)19-12)15-14(13(23)11(9-21)25-15)26-27(5,6)17(2,3)4/h7-8,11,13-15,21,23H,9H2,1-6H3,(H,18,19,22,24)/t11-,13-,14-,15-/m1/s1. The first-order chi connectivity index (χ1) is 12.4. The summed E-state index contributed by atoms with van der Waals surface area (Å²) in [6, 6.07) is 1.47. The molecule has 0 bridgehead atoms. The number of nitrogens with zero attached hydrogens (tertiary/aromatic N) is 2. The molecule has 1 aromatic heterocycles. The third-order valence-corrected chi connectivity index (χ3v) is 9.61. The summed E-state index contributed by atoms with van der Waals surface area (Å²) in [5, 5.41) is 22.4. The van der Waals surface area contributed by atoms with Gasteiger partial charge in [-0.3, -0.25) is 9.36 Å². The van der Waals surface area contributed by atoms with E-state index < -0.39 is 45.2 Å². The van der Waals surface area contributed by atoms with E-state index in [-0.39, 0.29) is 16.8 Å². The SMILES string of the molecule is CC(=O)Nc1ccn([C@@H]2O[C@H](CO)[C@@H](O)[C@H]2O[Si](C)(C)C(C)(C)C)c(=O)n1. The van der Waals surface area contributed by atoms with Crippen LogP contribution in [0.5, 0.6) is 0 Å². The zero-order chi connectivity index (χ0) is 20.6. The monoisotopic (exact) mass is 399 g/mol. The van der Waals surface area contributed by atoms with E-state index >= 15 is 0 Å². The summed E-state index contributed by atoms with van der Waals surface area (Å²) in [5.74, 6) is -0.213. The highest BCUT2D eigenvalue weighted by molar-refractivity contribution is 6.74. The zero-order valence-corrected chi connectivity index (χ0v) is 17.6. The molecule has 0 radical (unpaired) electrons. The molecule has 9 nitrogen and oxygen atoms in total. The van der Waals surface area contributed by atoms with Gasteiger partial charge in [0.15, 0.2) is 14.5 Å². The molecule has 1 saturated heterocycles. The highest BCUT2D eigenvalue weighted by atomic mass is 28.4. The van der Waals surface area contributed by atoms with Crippen LogP contribution >= 0.6 is 0 Å². The highest BCUT2D eigenvalue weighted by Crippen LogP contribution is 2.41. The van der Waals surface area contributed by atoms with Gasteiger partial charge in [-0.2, -0.15) is 4.98 Å². The van der Waals surface area contributed by atoms with Crippen molar-refractivity contribution in [3.8, 4) is 0 Å². The summed E-state index contributed by atoms with van der Waals surface area (Å²) in [4.78, 5) is 27.4. The largest absolute Gasteiger partial charge is 0.407 e. The Hall–Kier alpha value is -1.59. The number of aromatic nitrogens is 2. The van der Waals surface area contributed by atoms with Crippen LogP contribution in [0.15, 0.2) is 17.1 Å². The topological polar surface area (TPSA) is 123 Å². The summed E-state index contributed by atoms with van der Waals surface area (Å²) >= 11 is 0. The lowest BCUT2D eigenvalue weighted by Crippen LogP contribution is -2.49. The van der Waals surface area contributed by atoms with Gasteiger partial charge in [-0.15, -0.1) is 0 Å². The van der Waals surface area contributed by atoms with Gasteiger partial charge >= 0.3 is 5.69 Å². The maximum absolute atomic E-state index is 12.5. The average molecular weight is 400 g/mol. The van der Waals surface area contributed by atoms with Crippen LogP contribution in [0.1, 0.15) is 33.9 Å². The minimum absolute atomic E-state index is 0.118. The molecule has 1 fully saturated rings. The molecule has 0 aromatic carbocycles. The molecule has 152 valence electrons. The summed E-state index contributed by atoms with van der Waals surface area (Å²) < 4.78 is 13.2. The van der Waals surface area contributed by atoms with Crippen molar-refractivity contribution in [2.24, 2.45) is 0 Å². The molecule has 1 amide bonds. The van der Waals surface area contributed by atoms with Crippen molar-refractivity contribution in [1.82, 2.24) is 9.55 Å². The van der Waals surface area contributed by atoms with E-state index in [9.17, 15) is 19.8 Å². The zero-order valence-electron chi connectivity index (χ0n) is 16.6. The van der Waals surface area contributed by atoms with Crippen LogP contribution in [-0.2, 0) is 14.0 Å². The molecule has 2 heterocycles. The number of carbonyl (C=O) groups excluding carboxylic acids is 1. The summed E-state index contributed by atoms with van der Waals surface area (Å²) in [6.45, 7) is 11.2. The molecule has 0 spiro atoms. The number of aliphatic hydroxyl groups is 2. The fourth-order valence-electron chi connectivity index (χ4n) is 2.59. The van der Waals surface area contributed by atoms with Crippen LogP contribution in [0.3, 0.4) is 0 Å². The lowest BCUT2D eigenvalue weighted by atomic mass is 10.1. The Balaban J connectivity index is 2.38. The summed E-state index contributed by atoms with van der Waals surface area (Å²) in [6.07, 6.45) is -2.28.